The maximum absolute atomic E-state index is 13.3. The summed E-state index contributed by atoms with van der Waals surface area (Å²) >= 11 is 0. The van der Waals surface area contributed by atoms with Crippen LogP contribution in [-0.4, -0.2) is 47.8 Å². The first-order valence-corrected chi connectivity index (χ1v) is 12.8. The van der Waals surface area contributed by atoms with Gasteiger partial charge in [-0.05, 0) is 55.5 Å². The molecule has 3 amide bonds. The number of fused-ring (bicyclic) bond motifs is 2. The summed E-state index contributed by atoms with van der Waals surface area (Å²) in [5.41, 5.74) is 3.49. The van der Waals surface area contributed by atoms with Gasteiger partial charge in [0, 0.05) is 24.4 Å². The summed E-state index contributed by atoms with van der Waals surface area (Å²) in [6.07, 6.45) is 5.31. The van der Waals surface area contributed by atoms with E-state index in [2.05, 4.69) is 21.3 Å². The second-order valence-corrected chi connectivity index (χ2v) is 10.9. The molecule has 1 aliphatic carbocycles. The molecule has 0 radical (unpaired) electrons. The number of hydrogen-bond acceptors (Lipinski definition) is 5. The van der Waals surface area contributed by atoms with E-state index in [4.69, 9.17) is 0 Å². The summed E-state index contributed by atoms with van der Waals surface area (Å²) < 4.78 is 0. The molecule has 4 N–H and O–H groups in total. The zero-order valence-electron chi connectivity index (χ0n) is 21.1. The lowest BCUT2D eigenvalue weighted by Crippen LogP contribution is -2.63. The van der Waals surface area contributed by atoms with Gasteiger partial charge in [-0.2, -0.15) is 0 Å². The zero-order chi connectivity index (χ0) is 25.8. The summed E-state index contributed by atoms with van der Waals surface area (Å²) in [7, 11) is 0. The lowest BCUT2D eigenvalue weighted by Gasteiger charge is -2.43. The Morgan fingerprint density at radius 3 is 2.68 bits per heavy atom. The predicted molar refractivity (Wildman–Crippen MR) is 140 cm³/mol. The molecule has 8 heteroatoms. The van der Waals surface area contributed by atoms with Crippen LogP contribution in [0.25, 0.3) is 0 Å². The average molecular weight is 498 g/mol. The number of carbonyl (C=O) groups is 3. The lowest BCUT2D eigenvalue weighted by atomic mass is 9.78. The number of nitrogens with one attached hydrogen (secondary N) is 4. The van der Waals surface area contributed by atoms with Gasteiger partial charge in [0.1, 0.15) is 12.4 Å². The van der Waals surface area contributed by atoms with E-state index >= 15 is 0 Å². The highest BCUT2D eigenvalue weighted by Gasteiger charge is 2.51. The molecule has 1 spiro atoms. The van der Waals surface area contributed by atoms with Gasteiger partial charge in [0.25, 0.3) is 0 Å². The summed E-state index contributed by atoms with van der Waals surface area (Å²) in [6, 6.07) is 15.4. The number of piperazine rings is 1. The van der Waals surface area contributed by atoms with Crippen LogP contribution in [0.1, 0.15) is 36.6 Å². The van der Waals surface area contributed by atoms with Crippen molar-refractivity contribution >= 4 is 23.4 Å². The third-order valence-corrected chi connectivity index (χ3v) is 8.02. The number of amides is 3. The minimum atomic E-state index is -0.745. The van der Waals surface area contributed by atoms with E-state index in [9.17, 15) is 14.4 Å². The molecule has 0 aromatic heterocycles. The third kappa shape index (κ3) is 3.92. The van der Waals surface area contributed by atoms with Crippen molar-refractivity contribution in [2.45, 2.75) is 38.3 Å². The van der Waals surface area contributed by atoms with Gasteiger partial charge >= 0.3 is 0 Å². The summed E-state index contributed by atoms with van der Waals surface area (Å²) in [5, 5.41) is 12.6. The van der Waals surface area contributed by atoms with Gasteiger partial charge in [-0.1, -0.05) is 48.6 Å². The van der Waals surface area contributed by atoms with Crippen LogP contribution in [0.2, 0.25) is 0 Å². The molecule has 4 aliphatic rings. The minimum Gasteiger partial charge on any atom is -0.368 e. The van der Waals surface area contributed by atoms with E-state index in [-0.39, 0.29) is 30.3 Å². The van der Waals surface area contributed by atoms with Gasteiger partial charge in [0.05, 0.1) is 17.0 Å². The lowest BCUT2D eigenvalue weighted by molar-refractivity contribution is -0.146. The average Bonchev–Trinajstić information content (AvgIpc) is 3.40. The maximum Gasteiger partial charge on any atom is 0.244 e. The zero-order valence-corrected chi connectivity index (χ0v) is 21.1. The molecular weight excluding hydrogens is 466 g/mol. The third-order valence-electron chi connectivity index (χ3n) is 8.02. The van der Waals surface area contributed by atoms with Crippen LogP contribution in [0.3, 0.4) is 0 Å². The largest absolute Gasteiger partial charge is 0.368 e. The second-order valence-electron chi connectivity index (χ2n) is 10.9. The van der Waals surface area contributed by atoms with Crippen LogP contribution in [0.5, 0.6) is 0 Å². The van der Waals surface area contributed by atoms with Crippen LogP contribution in [0, 0.1) is 5.41 Å². The Labute approximate surface area is 216 Å². The number of dihydropyridines is 1. The Hall–Kier alpha value is -3.91. The van der Waals surface area contributed by atoms with Crippen LogP contribution in [0.15, 0.2) is 72.1 Å². The standard InChI is InChI=1S/C29H31N5O3/c1-28(2)27(37)34(23(16-31-28)18-7-4-3-5-8-18)17-24(35)32-21-11-10-19-14-29(15-20(19)13-21)22-9-6-12-30-25(22)33-26(29)36/h3-11,13,23,30-31H,12,14-17H2,1-2H3,(H,32,35)(H,33,36)/t23-,29+/m0/s1. The molecule has 2 aromatic carbocycles. The van der Waals surface area contributed by atoms with Gasteiger partial charge in [0.15, 0.2) is 0 Å². The van der Waals surface area contributed by atoms with Crippen LogP contribution >= 0.6 is 0 Å². The minimum absolute atomic E-state index is 0.0186. The fourth-order valence-electron chi connectivity index (χ4n) is 6.03. The van der Waals surface area contributed by atoms with E-state index < -0.39 is 11.0 Å². The van der Waals surface area contributed by atoms with Gasteiger partial charge in [-0.25, -0.2) is 0 Å². The number of anilines is 1. The summed E-state index contributed by atoms with van der Waals surface area (Å²) in [4.78, 5) is 41.2. The van der Waals surface area contributed by atoms with Crippen molar-refractivity contribution in [2.75, 3.05) is 25.0 Å². The molecule has 3 aliphatic heterocycles. The Kier molecular flexibility index (Phi) is 5.45. The van der Waals surface area contributed by atoms with Crippen molar-refractivity contribution in [1.82, 2.24) is 20.9 Å². The Morgan fingerprint density at radius 1 is 1.08 bits per heavy atom. The molecule has 37 heavy (non-hydrogen) atoms. The van der Waals surface area contributed by atoms with E-state index in [1.54, 1.807) is 4.90 Å². The molecule has 2 aromatic rings. The van der Waals surface area contributed by atoms with E-state index in [1.807, 2.05) is 74.5 Å². The molecule has 0 bridgehead atoms. The van der Waals surface area contributed by atoms with Crippen LogP contribution < -0.4 is 21.3 Å². The monoisotopic (exact) mass is 497 g/mol. The molecular formula is C29H31N5O3. The predicted octanol–water partition coefficient (Wildman–Crippen LogP) is 2.16. The quantitative estimate of drug-likeness (QED) is 0.519. The van der Waals surface area contributed by atoms with Gasteiger partial charge < -0.3 is 26.2 Å². The molecule has 2 atom stereocenters. The topological polar surface area (TPSA) is 103 Å². The highest BCUT2D eigenvalue weighted by molar-refractivity contribution is 5.97. The molecule has 3 heterocycles. The number of carbonyl (C=O) groups excluding carboxylic acids is 3. The number of allylic oxidation sites excluding steroid dienone is 1. The van der Waals surface area contributed by atoms with Gasteiger partial charge in [-0.3, -0.25) is 14.4 Å². The van der Waals surface area contributed by atoms with E-state index in [1.165, 1.54) is 0 Å². The first-order chi connectivity index (χ1) is 17.8. The normalized spacial score (nSPS) is 25.6. The molecule has 0 unspecified atom stereocenters. The Bertz CT molecular complexity index is 1360. The summed E-state index contributed by atoms with van der Waals surface area (Å²) in [5.74, 6) is 0.474. The highest BCUT2D eigenvalue weighted by atomic mass is 16.2. The van der Waals surface area contributed by atoms with Crippen LogP contribution in [0.4, 0.5) is 5.69 Å². The smallest absolute Gasteiger partial charge is 0.244 e. The molecule has 6 rings (SSSR count). The van der Waals surface area contributed by atoms with Gasteiger partial charge in [-0.15, -0.1) is 0 Å². The van der Waals surface area contributed by atoms with Crippen molar-refractivity contribution in [2.24, 2.45) is 5.41 Å². The second kappa shape index (κ2) is 8.59. The van der Waals surface area contributed by atoms with Crippen molar-refractivity contribution in [3.05, 3.63) is 88.8 Å². The Morgan fingerprint density at radius 2 is 1.86 bits per heavy atom. The molecule has 1 saturated heterocycles. The van der Waals surface area contributed by atoms with E-state index in [0.29, 0.717) is 31.6 Å². The first kappa shape index (κ1) is 23.5. The number of rotatable bonds is 4. The molecule has 190 valence electrons. The number of hydrogen-bond donors (Lipinski definition) is 4. The molecule has 0 saturated carbocycles. The molecule has 1 fully saturated rings. The van der Waals surface area contributed by atoms with Crippen molar-refractivity contribution in [3.63, 3.8) is 0 Å². The van der Waals surface area contributed by atoms with Gasteiger partial charge in [0.2, 0.25) is 17.7 Å². The fourth-order valence-corrected chi connectivity index (χ4v) is 6.03. The van der Waals surface area contributed by atoms with Crippen molar-refractivity contribution in [3.8, 4) is 0 Å². The maximum atomic E-state index is 13.3. The summed E-state index contributed by atoms with van der Waals surface area (Å²) in [6.45, 7) is 4.92. The fraction of sp³-hybridized carbons (Fsp3) is 0.345. The number of benzene rings is 2. The molecule has 8 nitrogen and oxygen atoms in total. The first-order valence-electron chi connectivity index (χ1n) is 12.8. The SMILES string of the molecule is CC1(C)NC[C@@H](c2ccccc2)N(CC(=O)Nc2ccc3c(c2)C[C@@]2(C3)C(=O)NC3=C2C=CCN3)C1=O. The van der Waals surface area contributed by atoms with Crippen molar-refractivity contribution < 1.29 is 14.4 Å². The Balaban J connectivity index is 1.20. The van der Waals surface area contributed by atoms with Crippen molar-refractivity contribution in [1.29, 1.82) is 0 Å². The highest BCUT2D eigenvalue weighted by Crippen LogP contribution is 2.47. The van der Waals surface area contributed by atoms with Crippen LogP contribution in [-0.2, 0) is 27.2 Å². The van der Waals surface area contributed by atoms with E-state index in [0.717, 1.165) is 28.1 Å². The number of nitrogens with zero attached hydrogens (tertiary/aromatic N) is 1.